The van der Waals surface area contributed by atoms with Crippen LogP contribution < -0.4 is 49.1 Å². The Kier molecular flexibility index (Phi) is 21.6. The van der Waals surface area contributed by atoms with Crippen LogP contribution in [0.1, 0.15) is 92.9 Å². The number of hydrogen-bond acceptors (Lipinski definition) is 11. The maximum absolute atomic E-state index is 13.8. The molecule has 0 spiro atoms. The van der Waals surface area contributed by atoms with E-state index in [4.69, 9.17) is 22.3 Å². The van der Waals surface area contributed by atoms with Crippen LogP contribution in [-0.2, 0) is 43.2 Å². The number of unbranched alkanes of at least 4 members (excludes halogenated alkanes) is 1. The number of carboxylic acid groups (broad SMARTS) is 1. The Morgan fingerprint density at radius 3 is 1.75 bits per heavy atom. The fourth-order valence-electron chi connectivity index (χ4n) is 6.15. The van der Waals surface area contributed by atoms with E-state index in [2.05, 4.69) is 31.9 Å². The average Bonchev–Trinajstić information content (AvgIpc) is 3.61. The van der Waals surface area contributed by atoms with Gasteiger partial charge >= 0.3 is 5.97 Å². The number of amides is 8. The lowest BCUT2D eigenvalue weighted by Gasteiger charge is -2.31. The molecule has 0 aromatic heterocycles. The molecule has 0 unspecified atom stereocenters. The van der Waals surface area contributed by atoms with Crippen LogP contribution in [0.3, 0.4) is 0 Å². The van der Waals surface area contributed by atoms with E-state index in [-0.39, 0.29) is 51.1 Å². The van der Waals surface area contributed by atoms with Gasteiger partial charge in [-0.05, 0) is 69.2 Å². The summed E-state index contributed by atoms with van der Waals surface area (Å²) in [6.07, 6.45) is 1.73. The number of carboxylic acids is 1. The predicted molar refractivity (Wildman–Crippen MR) is 205 cm³/mol. The second-order valence-corrected chi connectivity index (χ2v) is 15.1. The molecule has 1 saturated heterocycles. The van der Waals surface area contributed by atoms with Gasteiger partial charge in [0, 0.05) is 13.0 Å². The van der Waals surface area contributed by atoms with Gasteiger partial charge in [0.05, 0.1) is 6.54 Å². The first-order chi connectivity index (χ1) is 26.2. The van der Waals surface area contributed by atoms with Gasteiger partial charge in [-0.1, -0.05) is 41.5 Å². The molecule has 1 heterocycles. The zero-order chi connectivity index (χ0) is 42.7. The molecule has 0 saturated carbocycles. The van der Waals surface area contributed by atoms with Crippen LogP contribution in [0.2, 0.25) is 0 Å². The Hall–Kier alpha value is -4.85. The molecule has 318 valence electrons. The molecule has 0 bridgehead atoms. The number of hydrogen-bond donors (Lipinski definition) is 10. The van der Waals surface area contributed by atoms with Crippen LogP contribution in [0, 0.1) is 17.8 Å². The molecule has 0 aromatic rings. The van der Waals surface area contributed by atoms with Crippen LogP contribution in [-0.4, -0.2) is 126 Å². The van der Waals surface area contributed by atoms with Crippen molar-refractivity contribution in [1.29, 1.82) is 0 Å². The van der Waals surface area contributed by atoms with E-state index in [9.17, 15) is 43.2 Å². The Bertz CT molecular complexity index is 1390. The van der Waals surface area contributed by atoms with Gasteiger partial charge in [0.2, 0.25) is 47.3 Å². The van der Waals surface area contributed by atoms with Crippen molar-refractivity contribution in [1.82, 2.24) is 36.8 Å². The highest BCUT2D eigenvalue weighted by Gasteiger charge is 2.39. The van der Waals surface area contributed by atoms with Crippen LogP contribution >= 0.6 is 0 Å². The molecule has 1 aliphatic heterocycles. The fourth-order valence-corrected chi connectivity index (χ4v) is 6.15. The van der Waals surface area contributed by atoms with Gasteiger partial charge in [0.15, 0.2) is 0 Å². The second-order valence-electron chi connectivity index (χ2n) is 15.1. The van der Waals surface area contributed by atoms with Gasteiger partial charge in [-0.2, -0.15) is 0 Å². The number of nitrogens with one attached hydrogen (secondary N) is 6. The minimum atomic E-state index is -1.32. The van der Waals surface area contributed by atoms with Crippen molar-refractivity contribution < 1.29 is 48.3 Å². The van der Waals surface area contributed by atoms with Crippen LogP contribution in [0.25, 0.3) is 0 Å². The second kappa shape index (κ2) is 24.6. The number of primary amides is 1. The van der Waals surface area contributed by atoms with Crippen LogP contribution in [0.15, 0.2) is 0 Å². The number of nitrogens with two attached hydrogens (primary N) is 3. The van der Waals surface area contributed by atoms with Gasteiger partial charge in [0.25, 0.3) is 0 Å². The molecule has 0 radical (unpaired) electrons. The first-order valence-electron chi connectivity index (χ1n) is 19.2. The Morgan fingerprint density at radius 2 is 1.27 bits per heavy atom. The van der Waals surface area contributed by atoms with Gasteiger partial charge in [-0.15, -0.1) is 0 Å². The van der Waals surface area contributed by atoms with Gasteiger partial charge in [0.1, 0.15) is 42.8 Å². The molecule has 0 aliphatic carbocycles. The SMILES string of the molecule is CC(C)C[C@H](NC(=O)[C@@H](NC(=O)[C@H](CCCCN)NC(=O)CN)C(C)C)C(=O)N[C@H](C(=O)N[C@@H](CCC(N)=O)C(=O)N1CCC[C@H]1C(=O)NCC(=O)O)C(C)C. The van der Waals surface area contributed by atoms with E-state index in [0.717, 1.165) is 0 Å². The highest BCUT2D eigenvalue weighted by atomic mass is 16.4. The summed E-state index contributed by atoms with van der Waals surface area (Å²) in [7, 11) is 0. The lowest BCUT2D eigenvalue weighted by atomic mass is 9.97. The topological polar surface area (TPSA) is 327 Å². The molecule has 6 atom stereocenters. The Balaban J connectivity index is 3.25. The molecule has 1 aliphatic rings. The van der Waals surface area contributed by atoms with E-state index >= 15 is 0 Å². The smallest absolute Gasteiger partial charge is 0.322 e. The lowest BCUT2D eigenvalue weighted by Crippen LogP contribution is -2.61. The molecular weight excluding hydrogens is 732 g/mol. The normalized spacial score (nSPS) is 16.6. The Morgan fingerprint density at radius 1 is 0.714 bits per heavy atom. The average molecular weight is 797 g/mol. The fraction of sp³-hybridized carbons (Fsp3) is 0.750. The van der Waals surface area contributed by atoms with Crippen LogP contribution in [0.5, 0.6) is 0 Å². The third-order valence-corrected chi connectivity index (χ3v) is 9.16. The molecule has 20 heteroatoms. The van der Waals surface area contributed by atoms with Gasteiger partial charge < -0.3 is 59.1 Å². The highest BCUT2D eigenvalue weighted by molar-refractivity contribution is 5.97. The summed E-state index contributed by atoms with van der Waals surface area (Å²) in [6.45, 7) is 9.91. The zero-order valence-electron chi connectivity index (χ0n) is 33.5. The Labute approximate surface area is 328 Å². The largest absolute Gasteiger partial charge is 0.480 e. The first-order valence-corrected chi connectivity index (χ1v) is 19.2. The number of rotatable bonds is 25. The maximum Gasteiger partial charge on any atom is 0.322 e. The van der Waals surface area contributed by atoms with Crippen molar-refractivity contribution in [2.75, 3.05) is 26.2 Å². The van der Waals surface area contributed by atoms with E-state index < -0.39 is 108 Å². The van der Waals surface area contributed by atoms with Gasteiger partial charge in [-0.25, -0.2) is 0 Å². The summed E-state index contributed by atoms with van der Waals surface area (Å²) in [4.78, 5) is 117. The summed E-state index contributed by atoms with van der Waals surface area (Å²) in [5.74, 6) is -7.78. The highest BCUT2D eigenvalue weighted by Crippen LogP contribution is 2.20. The first kappa shape index (κ1) is 49.2. The van der Waals surface area contributed by atoms with Gasteiger partial charge in [-0.3, -0.25) is 43.2 Å². The summed E-state index contributed by atoms with van der Waals surface area (Å²) in [5.41, 5.74) is 16.4. The van der Waals surface area contributed by atoms with Crippen LogP contribution in [0.4, 0.5) is 0 Å². The molecule has 8 amide bonds. The van der Waals surface area contributed by atoms with E-state index in [0.29, 0.717) is 25.8 Å². The minimum Gasteiger partial charge on any atom is -0.480 e. The maximum atomic E-state index is 13.8. The molecule has 13 N–H and O–H groups in total. The number of nitrogens with zero attached hydrogens (tertiary/aromatic N) is 1. The number of carbonyl (C=O) groups is 9. The third kappa shape index (κ3) is 16.9. The van der Waals surface area contributed by atoms with Crippen molar-refractivity contribution in [3.8, 4) is 0 Å². The number of aliphatic carboxylic acids is 1. The van der Waals surface area contributed by atoms with Crippen molar-refractivity contribution in [2.45, 2.75) is 129 Å². The number of carbonyl (C=O) groups excluding carboxylic acids is 8. The van der Waals surface area contributed by atoms with Crippen molar-refractivity contribution >= 4 is 53.2 Å². The molecule has 1 rings (SSSR count). The standard InChI is InChI=1S/C36H64N10O10/c1-19(2)16-24(43-35(55)30(21(5)6)44-31(51)22(10-7-8-14-37)41-27(48)17-38)32(52)45-29(20(3)4)34(54)42-23(12-13-26(39)47)36(56)46-15-9-11-25(46)33(53)40-18-28(49)50/h19-25,29-30H,7-18,37-38H2,1-6H3,(H2,39,47)(H,40,53)(H,41,48)(H,42,54)(H,43,55)(H,44,51)(H,45,52)(H,49,50)/t22-,23-,24-,25-,29-,30-/m0/s1. The van der Waals surface area contributed by atoms with Crippen molar-refractivity contribution in [3.63, 3.8) is 0 Å². The summed E-state index contributed by atoms with van der Waals surface area (Å²) in [5, 5.41) is 24.5. The van der Waals surface area contributed by atoms with E-state index in [1.165, 1.54) is 4.90 Å². The minimum absolute atomic E-state index is 0.111. The quantitative estimate of drug-likeness (QED) is 0.0423. The lowest BCUT2D eigenvalue weighted by molar-refractivity contribution is -0.143. The van der Waals surface area contributed by atoms with E-state index in [1.54, 1.807) is 27.7 Å². The summed E-state index contributed by atoms with van der Waals surface area (Å²) in [6, 6.07) is -6.80. The van der Waals surface area contributed by atoms with E-state index in [1.807, 2.05) is 13.8 Å². The third-order valence-electron chi connectivity index (χ3n) is 9.16. The number of likely N-dealkylation sites (tertiary alicyclic amines) is 1. The summed E-state index contributed by atoms with van der Waals surface area (Å²) >= 11 is 0. The molecular formula is C36H64N10O10. The zero-order valence-corrected chi connectivity index (χ0v) is 33.5. The van der Waals surface area contributed by atoms with Crippen molar-refractivity contribution in [3.05, 3.63) is 0 Å². The van der Waals surface area contributed by atoms with Crippen molar-refractivity contribution in [2.24, 2.45) is 35.0 Å². The molecule has 1 fully saturated rings. The molecule has 56 heavy (non-hydrogen) atoms. The monoisotopic (exact) mass is 796 g/mol. The molecule has 0 aromatic carbocycles. The summed E-state index contributed by atoms with van der Waals surface area (Å²) < 4.78 is 0. The predicted octanol–water partition coefficient (Wildman–Crippen LogP) is -2.69. The molecule has 20 nitrogen and oxygen atoms in total.